The molecule has 0 bridgehead atoms. The van der Waals surface area contributed by atoms with Crippen molar-refractivity contribution in [1.29, 1.82) is 0 Å². The van der Waals surface area contributed by atoms with E-state index >= 15 is 0 Å². The Hall–Kier alpha value is -3.87. The molecule has 7 heteroatoms. The minimum absolute atomic E-state index is 0.0710. The first-order valence-electron chi connectivity index (χ1n) is 9.64. The second-order valence-corrected chi connectivity index (χ2v) is 6.82. The molecule has 0 saturated carbocycles. The monoisotopic (exact) mass is 421 g/mol. The number of aldehydes is 1. The van der Waals surface area contributed by atoms with E-state index in [1.165, 1.54) is 26.4 Å². The van der Waals surface area contributed by atoms with E-state index in [4.69, 9.17) is 14.2 Å². The van der Waals surface area contributed by atoms with E-state index in [0.717, 1.165) is 16.3 Å². The summed E-state index contributed by atoms with van der Waals surface area (Å²) in [7, 11) is 2.76. The van der Waals surface area contributed by atoms with Gasteiger partial charge in [-0.25, -0.2) is 4.79 Å². The van der Waals surface area contributed by atoms with E-state index in [-0.39, 0.29) is 28.7 Å². The van der Waals surface area contributed by atoms with Crippen LogP contribution in [-0.2, 0) is 9.53 Å². The summed E-state index contributed by atoms with van der Waals surface area (Å²) in [5.74, 6) is -0.982. The smallest absolute Gasteiger partial charge is 0.343 e. The number of rotatable bonds is 8. The van der Waals surface area contributed by atoms with Crippen LogP contribution in [0.5, 0.6) is 11.5 Å². The van der Waals surface area contributed by atoms with Crippen LogP contribution in [0, 0.1) is 0 Å². The maximum absolute atomic E-state index is 12.6. The Morgan fingerprint density at radius 1 is 1.00 bits per heavy atom. The van der Waals surface area contributed by atoms with Gasteiger partial charge in [-0.3, -0.25) is 9.59 Å². The van der Waals surface area contributed by atoms with Crippen LogP contribution in [0.25, 0.3) is 10.8 Å². The fourth-order valence-electron chi connectivity index (χ4n) is 3.44. The summed E-state index contributed by atoms with van der Waals surface area (Å²) < 4.78 is 15.5. The zero-order chi connectivity index (χ0) is 22.4. The molecular weight excluding hydrogens is 398 g/mol. The average molecular weight is 421 g/mol. The number of hydrogen-bond acceptors (Lipinski definition) is 6. The van der Waals surface area contributed by atoms with Gasteiger partial charge >= 0.3 is 5.97 Å². The lowest BCUT2D eigenvalue weighted by Gasteiger charge is -2.17. The molecule has 0 radical (unpaired) electrons. The molecule has 160 valence electrons. The van der Waals surface area contributed by atoms with Crippen molar-refractivity contribution in [2.45, 2.75) is 13.0 Å². The second-order valence-electron chi connectivity index (χ2n) is 6.82. The summed E-state index contributed by atoms with van der Waals surface area (Å²) in [5, 5.41) is 4.94. The van der Waals surface area contributed by atoms with Crippen LogP contribution >= 0.6 is 0 Å². The number of nitrogens with one attached hydrogen (secondary N) is 1. The normalized spacial score (nSPS) is 11.5. The molecule has 31 heavy (non-hydrogen) atoms. The molecule has 7 nitrogen and oxygen atoms in total. The van der Waals surface area contributed by atoms with Crippen molar-refractivity contribution in [3.63, 3.8) is 0 Å². The number of carbonyl (C=O) groups excluding carboxylic acids is 3. The van der Waals surface area contributed by atoms with Crippen molar-refractivity contribution < 1.29 is 28.6 Å². The largest absolute Gasteiger partial charge is 0.493 e. The molecule has 0 fully saturated rings. The lowest BCUT2D eigenvalue weighted by atomic mass is 10.00. The van der Waals surface area contributed by atoms with Crippen molar-refractivity contribution in [2.75, 3.05) is 20.8 Å². The molecule has 0 unspecified atom stereocenters. The molecule has 0 aliphatic heterocycles. The molecule has 0 aliphatic carbocycles. The predicted octanol–water partition coefficient (Wildman–Crippen LogP) is 3.70. The Morgan fingerprint density at radius 3 is 2.45 bits per heavy atom. The van der Waals surface area contributed by atoms with Gasteiger partial charge in [0.1, 0.15) is 5.56 Å². The fraction of sp³-hybridized carbons (Fsp3) is 0.208. The van der Waals surface area contributed by atoms with Crippen LogP contribution < -0.4 is 14.8 Å². The van der Waals surface area contributed by atoms with Crippen LogP contribution in [0.4, 0.5) is 0 Å². The van der Waals surface area contributed by atoms with Gasteiger partial charge in [0.25, 0.3) is 5.91 Å². The molecular formula is C24H23NO6. The summed E-state index contributed by atoms with van der Waals surface area (Å²) in [4.78, 5) is 36.4. The van der Waals surface area contributed by atoms with Crippen molar-refractivity contribution in [3.05, 3.63) is 71.3 Å². The number of methoxy groups -OCH3 is 2. The number of esters is 1. The highest BCUT2D eigenvalue weighted by molar-refractivity contribution is 6.02. The van der Waals surface area contributed by atoms with Gasteiger partial charge in [-0.1, -0.05) is 42.5 Å². The number of amides is 1. The minimum atomic E-state index is -0.856. The first-order chi connectivity index (χ1) is 15.0. The molecule has 3 aromatic carbocycles. The molecule has 0 saturated heterocycles. The molecule has 3 aromatic rings. The van der Waals surface area contributed by atoms with E-state index in [0.29, 0.717) is 6.29 Å². The maximum Gasteiger partial charge on any atom is 0.343 e. The van der Waals surface area contributed by atoms with Crippen LogP contribution in [0.1, 0.15) is 39.2 Å². The second kappa shape index (κ2) is 9.75. The van der Waals surface area contributed by atoms with Crippen LogP contribution in [0.3, 0.4) is 0 Å². The summed E-state index contributed by atoms with van der Waals surface area (Å²) in [6.45, 7) is 1.35. The molecule has 0 aromatic heterocycles. The molecule has 0 aliphatic rings. The first kappa shape index (κ1) is 21.8. The topological polar surface area (TPSA) is 90.9 Å². The van der Waals surface area contributed by atoms with Crippen molar-refractivity contribution >= 4 is 28.9 Å². The Balaban J connectivity index is 1.71. The van der Waals surface area contributed by atoms with Crippen molar-refractivity contribution in [2.24, 2.45) is 0 Å². The Bertz CT molecular complexity index is 1120. The molecule has 1 atom stereocenters. The van der Waals surface area contributed by atoms with Crippen LogP contribution in [0.2, 0.25) is 0 Å². The lowest BCUT2D eigenvalue weighted by molar-refractivity contribution is -0.124. The highest BCUT2D eigenvalue weighted by atomic mass is 16.5. The molecule has 1 N–H and O–H groups in total. The number of ether oxygens (including phenoxy) is 3. The molecule has 0 heterocycles. The van der Waals surface area contributed by atoms with Gasteiger partial charge in [0.05, 0.1) is 20.3 Å². The fourth-order valence-corrected chi connectivity index (χ4v) is 3.44. The highest BCUT2D eigenvalue weighted by Crippen LogP contribution is 2.33. The van der Waals surface area contributed by atoms with E-state index in [2.05, 4.69) is 5.32 Å². The third-order valence-electron chi connectivity index (χ3n) is 4.91. The highest BCUT2D eigenvalue weighted by Gasteiger charge is 2.23. The van der Waals surface area contributed by atoms with Gasteiger partial charge < -0.3 is 19.5 Å². The standard InChI is InChI=1S/C24H23NO6/c1-15(18-10-6-8-16-7-4-5-9-19(16)18)25-21(27)14-31-24(28)22-17(13-26)11-12-20(29-2)23(22)30-3/h4-13,15H,14H2,1-3H3,(H,25,27)/t15-/m0/s1. The van der Waals surface area contributed by atoms with E-state index in [1.54, 1.807) is 0 Å². The summed E-state index contributed by atoms with van der Waals surface area (Å²) in [6, 6.07) is 16.4. The Kier molecular flexibility index (Phi) is 6.87. The minimum Gasteiger partial charge on any atom is -0.493 e. The summed E-state index contributed by atoms with van der Waals surface area (Å²) in [5.41, 5.74) is 0.939. The number of carbonyl (C=O) groups is 3. The number of hydrogen-bond donors (Lipinski definition) is 1. The zero-order valence-corrected chi connectivity index (χ0v) is 17.5. The first-order valence-corrected chi connectivity index (χ1v) is 9.64. The van der Waals surface area contributed by atoms with Gasteiger partial charge in [-0.05, 0) is 35.4 Å². The van der Waals surface area contributed by atoms with Gasteiger partial charge in [0, 0.05) is 5.56 Å². The van der Waals surface area contributed by atoms with Gasteiger partial charge in [0.15, 0.2) is 24.4 Å². The van der Waals surface area contributed by atoms with Gasteiger partial charge in [-0.2, -0.15) is 0 Å². The van der Waals surface area contributed by atoms with E-state index in [9.17, 15) is 14.4 Å². The van der Waals surface area contributed by atoms with Gasteiger partial charge in [-0.15, -0.1) is 0 Å². The third-order valence-corrected chi connectivity index (χ3v) is 4.91. The quantitative estimate of drug-likeness (QED) is 0.441. The van der Waals surface area contributed by atoms with Crippen LogP contribution in [0.15, 0.2) is 54.6 Å². The Labute approximate surface area is 179 Å². The summed E-state index contributed by atoms with van der Waals surface area (Å²) in [6.07, 6.45) is 0.515. The van der Waals surface area contributed by atoms with E-state index < -0.39 is 18.5 Å². The zero-order valence-electron chi connectivity index (χ0n) is 17.5. The maximum atomic E-state index is 12.6. The number of fused-ring (bicyclic) bond motifs is 1. The van der Waals surface area contributed by atoms with Gasteiger partial charge in [0.2, 0.25) is 0 Å². The average Bonchev–Trinajstić information content (AvgIpc) is 2.80. The van der Waals surface area contributed by atoms with Crippen molar-refractivity contribution in [3.8, 4) is 11.5 Å². The van der Waals surface area contributed by atoms with Crippen LogP contribution in [-0.4, -0.2) is 39.0 Å². The third kappa shape index (κ3) is 4.66. The molecule has 3 rings (SSSR count). The summed E-state index contributed by atoms with van der Waals surface area (Å²) >= 11 is 0. The SMILES string of the molecule is COc1ccc(C=O)c(C(=O)OCC(=O)N[C@@H](C)c2cccc3ccccc23)c1OC. The molecule has 1 amide bonds. The predicted molar refractivity (Wildman–Crippen MR) is 116 cm³/mol. The Morgan fingerprint density at radius 2 is 1.74 bits per heavy atom. The lowest BCUT2D eigenvalue weighted by Crippen LogP contribution is -2.31. The molecule has 0 spiro atoms. The number of benzene rings is 3. The van der Waals surface area contributed by atoms with Crippen molar-refractivity contribution in [1.82, 2.24) is 5.32 Å². The van der Waals surface area contributed by atoms with E-state index in [1.807, 2.05) is 49.4 Å².